The molecule has 18 nitrogen and oxygen atoms in total. The van der Waals surface area contributed by atoms with Crippen molar-refractivity contribution in [3.05, 3.63) is 12.3 Å². The molecule has 18 heteroatoms. The normalized spacial score (nSPS) is 12.5. The Labute approximate surface area is 338 Å². The number of carbonyl (C=O) groups is 6. The minimum absolute atomic E-state index is 0.00710. The lowest BCUT2D eigenvalue weighted by atomic mass is 10.1. The molecule has 2 rings (SSSR count). The van der Waals surface area contributed by atoms with Crippen LogP contribution in [0.5, 0.6) is 0 Å². The van der Waals surface area contributed by atoms with Crippen molar-refractivity contribution in [3.63, 3.8) is 0 Å². The van der Waals surface area contributed by atoms with Crippen LogP contribution in [0.15, 0.2) is 12.3 Å². The summed E-state index contributed by atoms with van der Waals surface area (Å²) in [5.74, 6) is 0.969. The molecule has 1 aromatic heterocycles. The van der Waals surface area contributed by atoms with Gasteiger partial charge in [-0.2, -0.15) is 15.0 Å². The number of nitrogens with zero attached hydrogens (tertiary/aromatic N) is 6. The van der Waals surface area contributed by atoms with Gasteiger partial charge in [0.2, 0.25) is 47.4 Å². The SMILES string of the molecule is CCCCC(=O)NCCCNC(=O)CCN(CCC)c1nc(NCCC=O)nc(N2CCN(C(=O)CCCC(=O)NCCCCCCNC(=O)/C=C/NC)CC2)n1. The van der Waals surface area contributed by atoms with E-state index in [1.807, 2.05) is 28.5 Å². The predicted molar refractivity (Wildman–Crippen MR) is 222 cm³/mol. The number of carbonyl (C=O) groups excluding carboxylic acids is 6. The number of piperazine rings is 1. The van der Waals surface area contributed by atoms with Gasteiger partial charge >= 0.3 is 0 Å². The molecule has 0 atom stereocenters. The van der Waals surface area contributed by atoms with E-state index < -0.39 is 0 Å². The van der Waals surface area contributed by atoms with Crippen LogP contribution in [0.2, 0.25) is 0 Å². The quantitative estimate of drug-likeness (QED) is 0.0358. The van der Waals surface area contributed by atoms with E-state index in [-0.39, 0.29) is 36.0 Å². The average molecular weight is 801 g/mol. The number of aldehydes is 1. The topological polar surface area (TPSA) is 223 Å². The summed E-state index contributed by atoms with van der Waals surface area (Å²) < 4.78 is 0. The Kier molecular flexibility index (Phi) is 25.5. The summed E-state index contributed by atoms with van der Waals surface area (Å²) >= 11 is 0. The fourth-order valence-electron chi connectivity index (χ4n) is 5.90. The summed E-state index contributed by atoms with van der Waals surface area (Å²) in [6.45, 7) is 9.64. The molecule has 1 saturated heterocycles. The number of amides is 5. The van der Waals surface area contributed by atoms with Crippen LogP contribution in [0.3, 0.4) is 0 Å². The smallest absolute Gasteiger partial charge is 0.245 e. The number of unbranched alkanes of at least 4 members (excludes halogenated alkanes) is 4. The van der Waals surface area contributed by atoms with Gasteiger partial charge < -0.3 is 51.4 Å². The third-order valence-electron chi connectivity index (χ3n) is 9.13. The van der Waals surface area contributed by atoms with Crippen molar-refractivity contribution in [3.8, 4) is 0 Å². The molecule has 1 aromatic rings. The van der Waals surface area contributed by atoms with Gasteiger partial charge in [-0.3, -0.25) is 24.0 Å². The van der Waals surface area contributed by atoms with Crippen LogP contribution >= 0.6 is 0 Å². The van der Waals surface area contributed by atoms with Crippen LogP contribution < -0.4 is 41.7 Å². The van der Waals surface area contributed by atoms with E-state index in [0.29, 0.717) is 128 Å². The largest absolute Gasteiger partial charge is 0.394 e. The molecule has 1 fully saturated rings. The molecule has 5 amide bonds. The Hall–Kier alpha value is -5.03. The zero-order valence-electron chi connectivity index (χ0n) is 34.5. The number of nitrogens with one attached hydrogen (secondary N) is 6. The van der Waals surface area contributed by atoms with Crippen LogP contribution in [0.25, 0.3) is 0 Å². The van der Waals surface area contributed by atoms with Gasteiger partial charge in [0.25, 0.3) is 0 Å². The fraction of sp³-hybridized carbons (Fsp3) is 0.718. The fourth-order valence-corrected chi connectivity index (χ4v) is 5.90. The number of hydrogen-bond donors (Lipinski definition) is 6. The van der Waals surface area contributed by atoms with Gasteiger partial charge in [0.15, 0.2) is 0 Å². The van der Waals surface area contributed by atoms with Gasteiger partial charge in [0, 0.05) is 123 Å². The second-order valence-electron chi connectivity index (χ2n) is 13.9. The lowest BCUT2D eigenvalue weighted by Gasteiger charge is -2.35. The minimum atomic E-state index is -0.123. The molecule has 0 radical (unpaired) electrons. The van der Waals surface area contributed by atoms with Crippen molar-refractivity contribution < 1.29 is 28.8 Å². The first-order chi connectivity index (χ1) is 27.7. The molecule has 6 N–H and O–H groups in total. The Balaban J connectivity index is 1.80. The third kappa shape index (κ3) is 21.7. The van der Waals surface area contributed by atoms with Crippen molar-refractivity contribution in [1.82, 2.24) is 46.4 Å². The molecule has 0 aromatic carbocycles. The van der Waals surface area contributed by atoms with Crippen LogP contribution in [0.1, 0.15) is 104 Å². The van der Waals surface area contributed by atoms with Gasteiger partial charge in [-0.25, -0.2) is 0 Å². The number of rotatable bonds is 31. The maximum absolute atomic E-state index is 13.0. The molecule has 0 bridgehead atoms. The molecular formula is C39H68N12O6. The Morgan fingerprint density at radius 3 is 1.93 bits per heavy atom. The molecule has 1 aliphatic rings. The van der Waals surface area contributed by atoms with E-state index in [1.165, 1.54) is 6.08 Å². The lowest BCUT2D eigenvalue weighted by molar-refractivity contribution is -0.132. The monoisotopic (exact) mass is 801 g/mol. The molecule has 57 heavy (non-hydrogen) atoms. The summed E-state index contributed by atoms with van der Waals surface area (Å²) in [7, 11) is 1.73. The zero-order chi connectivity index (χ0) is 41.5. The van der Waals surface area contributed by atoms with Gasteiger partial charge in [-0.05, 0) is 38.5 Å². The molecule has 0 spiro atoms. The van der Waals surface area contributed by atoms with Crippen molar-refractivity contribution in [2.24, 2.45) is 0 Å². The minimum Gasteiger partial charge on any atom is -0.394 e. The number of aromatic nitrogens is 3. The summed E-state index contributed by atoms with van der Waals surface area (Å²) in [6.07, 6.45) is 12.9. The first-order valence-electron chi connectivity index (χ1n) is 20.8. The van der Waals surface area contributed by atoms with Crippen LogP contribution in [0.4, 0.5) is 17.8 Å². The first-order valence-corrected chi connectivity index (χ1v) is 20.8. The highest BCUT2D eigenvalue weighted by Gasteiger charge is 2.25. The number of anilines is 3. The maximum Gasteiger partial charge on any atom is 0.245 e. The third-order valence-corrected chi connectivity index (χ3v) is 9.13. The zero-order valence-corrected chi connectivity index (χ0v) is 34.5. The van der Waals surface area contributed by atoms with Crippen LogP contribution in [0, 0.1) is 0 Å². The summed E-state index contributed by atoms with van der Waals surface area (Å²) in [5, 5.41) is 17.4. The van der Waals surface area contributed by atoms with Crippen LogP contribution in [-0.2, 0) is 28.8 Å². The maximum atomic E-state index is 13.0. The van der Waals surface area contributed by atoms with Gasteiger partial charge in [0.1, 0.15) is 6.29 Å². The number of hydrogen-bond acceptors (Lipinski definition) is 13. The van der Waals surface area contributed by atoms with E-state index in [0.717, 1.165) is 51.2 Å². The molecule has 2 heterocycles. The van der Waals surface area contributed by atoms with Gasteiger partial charge in [0.05, 0.1) is 0 Å². The second kappa shape index (κ2) is 30.2. The Bertz CT molecular complexity index is 1390. The highest BCUT2D eigenvalue weighted by molar-refractivity contribution is 5.87. The highest BCUT2D eigenvalue weighted by Crippen LogP contribution is 2.19. The summed E-state index contributed by atoms with van der Waals surface area (Å²) in [5.41, 5.74) is 0. The van der Waals surface area contributed by atoms with E-state index in [9.17, 15) is 28.8 Å². The molecule has 320 valence electrons. The van der Waals surface area contributed by atoms with Crippen molar-refractivity contribution in [1.29, 1.82) is 0 Å². The van der Waals surface area contributed by atoms with E-state index in [1.54, 1.807) is 13.2 Å². The predicted octanol–water partition coefficient (Wildman–Crippen LogP) is 1.64. The average Bonchev–Trinajstić information content (AvgIpc) is 3.21. The summed E-state index contributed by atoms with van der Waals surface area (Å²) in [4.78, 5) is 92.1. The molecule has 0 saturated carbocycles. The van der Waals surface area contributed by atoms with Crippen molar-refractivity contribution in [2.45, 2.75) is 104 Å². The van der Waals surface area contributed by atoms with Crippen LogP contribution in [-0.4, -0.2) is 135 Å². The van der Waals surface area contributed by atoms with Crippen molar-refractivity contribution in [2.75, 3.05) is 94.2 Å². The Morgan fingerprint density at radius 1 is 0.667 bits per heavy atom. The highest BCUT2D eigenvalue weighted by atomic mass is 16.2. The second-order valence-corrected chi connectivity index (χ2v) is 13.9. The van der Waals surface area contributed by atoms with E-state index in [4.69, 9.17) is 4.98 Å². The standard InChI is InChI=1S/C39H68N12O6/c1-4-6-14-32(53)43-21-12-22-44-35(56)18-26-50(25-5-2)38-46-37(45-23-13-31-52)47-39(48-38)51-29-27-49(28-30-51)36(57)16-11-15-33(54)41-19-9-7-8-10-20-42-34(55)17-24-40-3/h17,24,31,40H,4-16,18-23,25-30H2,1-3H3,(H,41,54)(H,42,55)(H,43,53)(H,44,56)(H,45,46,47,48)/b24-17+. The van der Waals surface area contributed by atoms with E-state index in [2.05, 4.69) is 41.9 Å². The summed E-state index contributed by atoms with van der Waals surface area (Å²) in [6, 6.07) is 0. The molecule has 0 aliphatic carbocycles. The van der Waals surface area contributed by atoms with Gasteiger partial charge in [-0.15, -0.1) is 0 Å². The molecule has 1 aliphatic heterocycles. The van der Waals surface area contributed by atoms with E-state index >= 15 is 0 Å². The first kappa shape index (κ1) is 48.1. The van der Waals surface area contributed by atoms with Crippen molar-refractivity contribution >= 4 is 53.7 Å². The molecular weight excluding hydrogens is 733 g/mol. The molecule has 0 unspecified atom stereocenters. The van der Waals surface area contributed by atoms with Gasteiger partial charge in [-0.1, -0.05) is 33.1 Å². The Morgan fingerprint density at radius 2 is 1.30 bits per heavy atom. The lowest BCUT2D eigenvalue weighted by Crippen LogP contribution is -2.49.